The van der Waals surface area contributed by atoms with Crippen molar-refractivity contribution in [2.45, 2.75) is 11.3 Å². The van der Waals surface area contributed by atoms with Crippen LogP contribution in [0.15, 0.2) is 27.6 Å². The standard InChI is InChI=1S/C11H12BrF2NO5S/c12-8-5-7(11(17)18)1-2-9(8)21(19,20)15(3-4-16)6-10(13)14/h1-2,5,10,16H,3-4,6H2,(H,17,18). The van der Waals surface area contributed by atoms with E-state index in [0.717, 1.165) is 18.2 Å². The maximum absolute atomic E-state index is 12.4. The number of benzene rings is 1. The van der Waals surface area contributed by atoms with Crippen molar-refractivity contribution in [1.82, 2.24) is 4.31 Å². The van der Waals surface area contributed by atoms with Crippen LogP contribution < -0.4 is 0 Å². The summed E-state index contributed by atoms with van der Waals surface area (Å²) >= 11 is 2.92. The average molecular weight is 388 g/mol. The maximum atomic E-state index is 12.4. The highest BCUT2D eigenvalue weighted by Crippen LogP contribution is 2.26. The van der Waals surface area contributed by atoms with Crippen LogP contribution in [0.25, 0.3) is 0 Å². The second-order valence-corrected chi connectivity index (χ2v) is 6.69. The monoisotopic (exact) mass is 387 g/mol. The van der Waals surface area contributed by atoms with E-state index in [1.807, 2.05) is 0 Å². The summed E-state index contributed by atoms with van der Waals surface area (Å²) in [5.41, 5.74) is -0.150. The molecule has 0 amide bonds. The molecule has 0 spiro atoms. The summed E-state index contributed by atoms with van der Waals surface area (Å²) in [6, 6.07) is 3.13. The highest BCUT2D eigenvalue weighted by molar-refractivity contribution is 9.10. The van der Waals surface area contributed by atoms with Gasteiger partial charge in [-0.05, 0) is 34.1 Å². The second-order valence-electron chi connectivity index (χ2n) is 3.93. The molecule has 0 aromatic heterocycles. The van der Waals surface area contributed by atoms with Crippen LogP contribution in [0.3, 0.4) is 0 Å². The summed E-state index contributed by atoms with van der Waals surface area (Å²) in [5, 5.41) is 17.6. The number of carboxylic acid groups (broad SMARTS) is 1. The van der Waals surface area contributed by atoms with Crippen LogP contribution in [0.1, 0.15) is 10.4 Å². The zero-order chi connectivity index (χ0) is 16.2. The lowest BCUT2D eigenvalue weighted by Crippen LogP contribution is -2.37. The van der Waals surface area contributed by atoms with Crippen LogP contribution in [0, 0.1) is 0 Å². The fourth-order valence-corrected chi connectivity index (χ4v) is 4.00. The smallest absolute Gasteiger partial charge is 0.335 e. The van der Waals surface area contributed by atoms with Gasteiger partial charge in [0.05, 0.1) is 23.6 Å². The molecule has 10 heteroatoms. The van der Waals surface area contributed by atoms with Gasteiger partial charge in [0.2, 0.25) is 10.0 Å². The fraction of sp³-hybridized carbons (Fsp3) is 0.364. The number of aliphatic hydroxyl groups is 1. The molecule has 0 radical (unpaired) electrons. The van der Waals surface area contributed by atoms with E-state index in [4.69, 9.17) is 10.2 Å². The van der Waals surface area contributed by atoms with Crippen molar-refractivity contribution in [3.63, 3.8) is 0 Å². The summed E-state index contributed by atoms with van der Waals surface area (Å²) in [4.78, 5) is 10.4. The predicted molar refractivity (Wildman–Crippen MR) is 72.9 cm³/mol. The first kappa shape index (κ1) is 18.0. The van der Waals surface area contributed by atoms with Gasteiger partial charge in [0.25, 0.3) is 6.43 Å². The van der Waals surface area contributed by atoms with E-state index in [9.17, 15) is 22.0 Å². The molecule has 0 aliphatic carbocycles. The van der Waals surface area contributed by atoms with E-state index in [1.54, 1.807) is 0 Å². The fourth-order valence-electron chi connectivity index (χ4n) is 1.56. The molecule has 0 heterocycles. The van der Waals surface area contributed by atoms with Crippen LogP contribution in [0.4, 0.5) is 8.78 Å². The first-order valence-electron chi connectivity index (χ1n) is 5.62. The number of aliphatic hydroxyl groups excluding tert-OH is 1. The predicted octanol–water partition coefficient (Wildman–Crippen LogP) is 1.40. The molecule has 0 aliphatic heterocycles. The molecule has 1 aromatic rings. The van der Waals surface area contributed by atoms with Crippen LogP contribution in [0.5, 0.6) is 0 Å². The lowest BCUT2D eigenvalue weighted by Gasteiger charge is -2.21. The minimum atomic E-state index is -4.28. The number of alkyl halides is 2. The van der Waals surface area contributed by atoms with E-state index < -0.39 is 42.1 Å². The second kappa shape index (κ2) is 7.25. The summed E-state index contributed by atoms with van der Waals surface area (Å²) in [6.45, 7) is -2.16. The first-order valence-corrected chi connectivity index (χ1v) is 7.85. The van der Waals surface area contributed by atoms with Crippen molar-refractivity contribution >= 4 is 31.9 Å². The van der Waals surface area contributed by atoms with Gasteiger partial charge in [-0.3, -0.25) is 0 Å². The van der Waals surface area contributed by atoms with Crippen molar-refractivity contribution in [2.75, 3.05) is 19.7 Å². The number of halogens is 3. The Bertz CT molecular complexity index is 623. The molecule has 1 rings (SSSR count). The Morgan fingerprint density at radius 1 is 1.38 bits per heavy atom. The Morgan fingerprint density at radius 2 is 2.00 bits per heavy atom. The molecule has 0 atom stereocenters. The molecular weight excluding hydrogens is 376 g/mol. The van der Waals surface area contributed by atoms with E-state index in [2.05, 4.69) is 15.9 Å². The molecule has 0 fully saturated rings. The van der Waals surface area contributed by atoms with Gasteiger partial charge in [0, 0.05) is 11.0 Å². The molecule has 6 nitrogen and oxygen atoms in total. The van der Waals surface area contributed by atoms with E-state index in [1.165, 1.54) is 0 Å². The topological polar surface area (TPSA) is 94.9 Å². The minimum Gasteiger partial charge on any atom is -0.478 e. The zero-order valence-electron chi connectivity index (χ0n) is 10.5. The maximum Gasteiger partial charge on any atom is 0.335 e. The number of hydrogen-bond donors (Lipinski definition) is 2. The van der Waals surface area contributed by atoms with Gasteiger partial charge in [-0.2, -0.15) is 4.31 Å². The third-order valence-corrected chi connectivity index (χ3v) is 5.33. The highest BCUT2D eigenvalue weighted by atomic mass is 79.9. The Labute approximate surface area is 128 Å². The number of carboxylic acids is 1. The summed E-state index contributed by atoms with van der Waals surface area (Å²) in [5.74, 6) is -1.25. The molecule has 21 heavy (non-hydrogen) atoms. The van der Waals surface area contributed by atoms with Crippen LogP contribution in [-0.2, 0) is 10.0 Å². The van der Waals surface area contributed by atoms with Gasteiger partial charge in [-0.25, -0.2) is 22.0 Å². The van der Waals surface area contributed by atoms with Crippen molar-refractivity contribution < 1.29 is 32.2 Å². The molecule has 118 valence electrons. The summed E-state index contributed by atoms with van der Waals surface area (Å²) < 4.78 is 49.8. The molecule has 2 N–H and O–H groups in total. The van der Waals surface area contributed by atoms with Crippen LogP contribution in [0.2, 0.25) is 0 Å². The van der Waals surface area contributed by atoms with Gasteiger partial charge in [0.1, 0.15) is 0 Å². The van der Waals surface area contributed by atoms with Crippen molar-refractivity contribution in [3.05, 3.63) is 28.2 Å². The number of nitrogens with zero attached hydrogens (tertiary/aromatic N) is 1. The van der Waals surface area contributed by atoms with Crippen LogP contribution in [-0.4, -0.2) is 55.0 Å². The van der Waals surface area contributed by atoms with Gasteiger partial charge in [0.15, 0.2) is 0 Å². The Morgan fingerprint density at radius 3 is 2.43 bits per heavy atom. The molecule has 1 aromatic carbocycles. The van der Waals surface area contributed by atoms with Crippen LogP contribution >= 0.6 is 15.9 Å². The minimum absolute atomic E-state index is 0.0559. The van der Waals surface area contributed by atoms with Crippen molar-refractivity contribution in [3.8, 4) is 0 Å². The van der Waals surface area contributed by atoms with Gasteiger partial charge in [-0.15, -0.1) is 0 Å². The number of hydrogen-bond acceptors (Lipinski definition) is 4. The third-order valence-electron chi connectivity index (χ3n) is 2.49. The molecule has 0 saturated heterocycles. The van der Waals surface area contributed by atoms with Crippen molar-refractivity contribution in [2.24, 2.45) is 0 Å². The largest absolute Gasteiger partial charge is 0.478 e. The first-order chi connectivity index (χ1) is 9.70. The third kappa shape index (κ3) is 4.43. The lowest BCUT2D eigenvalue weighted by atomic mass is 10.2. The quantitative estimate of drug-likeness (QED) is 0.737. The summed E-state index contributed by atoms with van der Waals surface area (Å²) in [6.07, 6.45) is -2.90. The Hall–Kier alpha value is -1.10. The SMILES string of the molecule is O=C(O)c1ccc(S(=O)(=O)N(CCO)CC(F)F)c(Br)c1. The molecule has 0 aliphatic rings. The zero-order valence-corrected chi connectivity index (χ0v) is 12.9. The highest BCUT2D eigenvalue weighted by Gasteiger charge is 2.29. The molecule has 0 bridgehead atoms. The normalized spacial score (nSPS) is 12.1. The van der Waals surface area contributed by atoms with E-state index >= 15 is 0 Å². The van der Waals surface area contributed by atoms with Gasteiger partial charge < -0.3 is 10.2 Å². The number of aromatic carboxylic acids is 1. The summed E-state index contributed by atoms with van der Waals surface area (Å²) in [7, 11) is -4.28. The average Bonchev–Trinajstić information content (AvgIpc) is 2.37. The molecular formula is C11H12BrF2NO5S. The number of rotatable bonds is 7. The number of sulfonamides is 1. The van der Waals surface area contributed by atoms with E-state index in [-0.39, 0.29) is 14.9 Å². The van der Waals surface area contributed by atoms with Gasteiger partial charge in [-0.1, -0.05) is 0 Å². The van der Waals surface area contributed by atoms with Gasteiger partial charge >= 0.3 is 5.97 Å². The van der Waals surface area contributed by atoms with Crippen molar-refractivity contribution in [1.29, 1.82) is 0 Å². The van der Waals surface area contributed by atoms with E-state index in [0.29, 0.717) is 4.31 Å². The lowest BCUT2D eigenvalue weighted by molar-refractivity contribution is 0.0696. The Kier molecular flexibility index (Phi) is 6.20. The molecule has 0 unspecified atom stereocenters. The molecule has 0 saturated carbocycles. The number of carbonyl (C=O) groups is 1. The Balaban J connectivity index is 3.24.